The van der Waals surface area contributed by atoms with Crippen LogP contribution < -0.4 is 15.1 Å². The number of nitrogens with one attached hydrogen (secondary N) is 1. The lowest BCUT2D eigenvalue weighted by Gasteiger charge is -2.36. The van der Waals surface area contributed by atoms with Crippen LogP contribution in [0.5, 0.6) is 0 Å². The maximum absolute atomic E-state index is 13.7. The van der Waals surface area contributed by atoms with Gasteiger partial charge in [0.05, 0.1) is 12.0 Å². The Morgan fingerprint density at radius 3 is 2.43 bits per heavy atom. The molecule has 1 saturated heterocycles. The Kier molecular flexibility index (Phi) is 5.17. The number of fused-ring (bicyclic) bond motifs is 4. The van der Waals surface area contributed by atoms with Crippen molar-refractivity contribution in [3.63, 3.8) is 0 Å². The molecule has 2 aliphatic heterocycles. The number of rotatable bonds is 3. The van der Waals surface area contributed by atoms with Crippen LogP contribution in [0.25, 0.3) is 11.1 Å². The second-order valence-corrected chi connectivity index (χ2v) is 9.76. The molecule has 0 spiro atoms. The van der Waals surface area contributed by atoms with Crippen LogP contribution in [-0.4, -0.2) is 36.9 Å². The molecular weight excluding hydrogens is 438 g/mol. The minimum absolute atomic E-state index is 0.0254. The van der Waals surface area contributed by atoms with Gasteiger partial charge in [-0.2, -0.15) is 0 Å². The highest BCUT2D eigenvalue weighted by molar-refractivity contribution is 6.05. The van der Waals surface area contributed by atoms with Gasteiger partial charge in [0, 0.05) is 37.8 Å². The standard InChI is InChI=1S/C29H27N3O3/c1-18(33)30-23-13-20-7-3-5-9-27(20)32(17-23)29(35)22-15-28(34)31(16-22)24-10-11-26-21(14-24)12-19-6-2-4-8-25(19)26/h2-11,14,22-23H,12-13,15-17H2,1H3,(H,30,33). The van der Waals surface area contributed by atoms with Crippen LogP contribution >= 0.6 is 0 Å². The van der Waals surface area contributed by atoms with E-state index < -0.39 is 5.92 Å². The highest BCUT2D eigenvalue weighted by Gasteiger charge is 2.40. The van der Waals surface area contributed by atoms with Crippen molar-refractivity contribution >= 4 is 29.1 Å². The summed E-state index contributed by atoms with van der Waals surface area (Å²) in [5, 5.41) is 2.96. The van der Waals surface area contributed by atoms with E-state index in [1.165, 1.54) is 29.2 Å². The number of para-hydroxylation sites is 1. The average molecular weight is 466 g/mol. The second-order valence-electron chi connectivity index (χ2n) is 9.76. The molecule has 3 aliphatic rings. The molecule has 0 radical (unpaired) electrons. The van der Waals surface area contributed by atoms with Crippen LogP contribution in [0.4, 0.5) is 11.4 Å². The molecule has 0 bridgehead atoms. The summed E-state index contributed by atoms with van der Waals surface area (Å²) in [6, 6.07) is 22.3. The maximum atomic E-state index is 13.7. The number of anilines is 2. The summed E-state index contributed by atoms with van der Waals surface area (Å²) in [6.45, 7) is 2.28. The first-order valence-corrected chi connectivity index (χ1v) is 12.2. The van der Waals surface area contributed by atoms with E-state index in [0.29, 0.717) is 19.5 Å². The van der Waals surface area contributed by atoms with E-state index in [1.54, 1.807) is 9.80 Å². The first kappa shape index (κ1) is 21.6. The third-order valence-corrected chi connectivity index (χ3v) is 7.39. The summed E-state index contributed by atoms with van der Waals surface area (Å²) in [6.07, 6.45) is 1.74. The molecule has 1 fully saturated rings. The Morgan fingerprint density at radius 2 is 1.60 bits per heavy atom. The summed E-state index contributed by atoms with van der Waals surface area (Å²) >= 11 is 0. The summed E-state index contributed by atoms with van der Waals surface area (Å²) in [7, 11) is 0. The van der Waals surface area contributed by atoms with E-state index >= 15 is 0 Å². The van der Waals surface area contributed by atoms with Crippen LogP contribution in [0.2, 0.25) is 0 Å². The van der Waals surface area contributed by atoms with Crippen LogP contribution in [0.15, 0.2) is 66.7 Å². The van der Waals surface area contributed by atoms with E-state index in [9.17, 15) is 14.4 Å². The summed E-state index contributed by atoms with van der Waals surface area (Å²) in [5.41, 5.74) is 7.76. The fraction of sp³-hybridized carbons (Fsp3) is 0.276. The number of hydrogen-bond donors (Lipinski definition) is 1. The molecule has 3 aromatic rings. The smallest absolute Gasteiger partial charge is 0.232 e. The fourth-order valence-electron chi connectivity index (χ4n) is 5.83. The first-order chi connectivity index (χ1) is 17.0. The minimum atomic E-state index is -0.419. The van der Waals surface area contributed by atoms with Gasteiger partial charge in [0.2, 0.25) is 17.7 Å². The molecule has 6 heteroatoms. The first-order valence-electron chi connectivity index (χ1n) is 12.2. The van der Waals surface area contributed by atoms with Gasteiger partial charge in [0.25, 0.3) is 0 Å². The predicted molar refractivity (Wildman–Crippen MR) is 135 cm³/mol. The predicted octanol–water partition coefficient (Wildman–Crippen LogP) is 3.70. The molecule has 0 aromatic heterocycles. The van der Waals surface area contributed by atoms with Gasteiger partial charge in [-0.15, -0.1) is 0 Å². The molecule has 3 aromatic carbocycles. The molecule has 176 valence electrons. The van der Waals surface area contributed by atoms with E-state index in [1.807, 2.05) is 30.3 Å². The number of carbonyl (C=O) groups excluding carboxylic acids is 3. The zero-order valence-corrected chi connectivity index (χ0v) is 19.7. The number of amides is 3. The van der Waals surface area contributed by atoms with Crippen molar-refractivity contribution in [1.29, 1.82) is 0 Å². The van der Waals surface area contributed by atoms with Crippen LogP contribution in [-0.2, 0) is 27.2 Å². The monoisotopic (exact) mass is 465 g/mol. The molecule has 0 saturated carbocycles. The normalized spacial score (nSPS) is 20.3. The summed E-state index contributed by atoms with van der Waals surface area (Å²) < 4.78 is 0. The zero-order chi connectivity index (χ0) is 24.1. The van der Waals surface area contributed by atoms with Crippen molar-refractivity contribution in [2.24, 2.45) is 5.92 Å². The quantitative estimate of drug-likeness (QED) is 0.502. The van der Waals surface area contributed by atoms with Crippen molar-refractivity contribution in [1.82, 2.24) is 5.32 Å². The molecule has 1 aliphatic carbocycles. The highest BCUT2D eigenvalue weighted by Crippen LogP contribution is 2.39. The number of nitrogens with zero attached hydrogens (tertiary/aromatic N) is 2. The van der Waals surface area contributed by atoms with Crippen molar-refractivity contribution in [2.75, 3.05) is 22.9 Å². The molecular formula is C29H27N3O3. The Hall–Kier alpha value is -3.93. The molecule has 35 heavy (non-hydrogen) atoms. The van der Waals surface area contributed by atoms with Crippen molar-refractivity contribution in [3.05, 3.63) is 83.4 Å². The Morgan fingerprint density at radius 1 is 0.857 bits per heavy atom. The molecule has 1 N–H and O–H groups in total. The number of hydrogen-bond acceptors (Lipinski definition) is 3. The van der Waals surface area contributed by atoms with Gasteiger partial charge < -0.3 is 15.1 Å². The Labute approximate surface area is 204 Å². The van der Waals surface area contributed by atoms with Crippen LogP contribution in [0, 0.1) is 5.92 Å². The zero-order valence-electron chi connectivity index (χ0n) is 19.7. The lowest BCUT2D eigenvalue weighted by atomic mass is 9.95. The lowest BCUT2D eigenvalue weighted by molar-refractivity contribution is -0.124. The van der Waals surface area contributed by atoms with Crippen LogP contribution in [0.1, 0.15) is 30.0 Å². The second kappa shape index (κ2) is 8.38. The van der Waals surface area contributed by atoms with Gasteiger partial charge in [-0.1, -0.05) is 48.5 Å². The van der Waals surface area contributed by atoms with Gasteiger partial charge in [-0.05, 0) is 58.9 Å². The average Bonchev–Trinajstić information content (AvgIpc) is 3.42. The largest absolute Gasteiger partial charge is 0.351 e. The van der Waals surface area contributed by atoms with Gasteiger partial charge in [0.15, 0.2) is 0 Å². The van der Waals surface area contributed by atoms with E-state index in [4.69, 9.17) is 0 Å². The van der Waals surface area contributed by atoms with Crippen molar-refractivity contribution < 1.29 is 14.4 Å². The molecule has 2 atom stereocenters. The number of carbonyl (C=O) groups is 3. The topological polar surface area (TPSA) is 69.7 Å². The maximum Gasteiger partial charge on any atom is 0.232 e. The summed E-state index contributed by atoms with van der Waals surface area (Å²) in [5.74, 6) is -0.612. The third kappa shape index (κ3) is 3.79. The molecule has 2 heterocycles. The van der Waals surface area contributed by atoms with E-state index in [2.05, 4.69) is 41.7 Å². The SMILES string of the molecule is CC(=O)NC1Cc2ccccc2N(C(=O)C2CC(=O)N(c3ccc4c(c3)Cc3ccccc3-4)C2)C1. The lowest BCUT2D eigenvalue weighted by Crippen LogP contribution is -2.51. The molecule has 3 amide bonds. The Bertz CT molecular complexity index is 1360. The number of benzene rings is 3. The van der Waals surface area contributed by atoms with Gasteiger partial charge in [0.1, 0.15) is 0 Å². The molecule has 6 nitrogen and oxygen atoms in total. The van der Waals surface area contributed by atoms with Gasteiger partial charge >= 0.3 is 0 Å². The van der Waals surface area contributed by atoms with Crippen molar-refractivity contribution in [2.45, 2.75) is 32.2 Å². The fourth-order valence-corrected chi connectivity index (χ4v) is 5.83. The van der Waals surface area contributed by atoms with E-state index in [0.717, 1.165) is 23.4 Å². The van der Waals surface area contributed by atoms with Crippen molar-refractivity contribution in [3.8, 4) is 11.1 Å². The Balaban J connectivity index is 1.23. The molecule has 6 rings (SSSR count). The van der Waals surface area contributed by atoms with Gasteiger partial charge in [-0.25, -0.2) is 0 Å². The minimum Gasteiger partial charge on any atom is -0.351 e. The highest BCUT2D eigenvalue weighted by atomic mass is 16.2. The van der Waals surface area contributed by atoms with E-state index in [-0.39, 0.29) is 30.2 Å². The van der Waals surface area contributed by atoms with Gasteiger partial charge in [-0.3, -0.25) is 14.4 Å². The van der Waals surface area contributed by atoms with Crippen LogP contribution in [0.3, 0.4) is 0 Å². The molecule has 2 unspecified atom stereocenters. The third-order valence-electron chi connectivity index (χ3n) is 7.39. The summed E-state index contributed by atoms with van der Waals surface area (Å²) in [4.78, 5) is 41.9.